The van der Waals surface area contributed by atoms with Crippen LogP contribution >= 0.6 is 11.8 Å². The number of nitrogens with one attached hydrogen (secondary N) is 1. The topological polar surface area (TPSA) is 41.6 Å². The molecule has 1 aliphatic heterocycles. The number of hydrogen-bond donors (Lipinski definition) is 1. The Labute approximate surface area is 153 Å². The number of thioether (sulfide) groups is 1. The van der Waals surface area contributed by atoms with E-state index in [9.17, 15) is 4.79 Å². The molecule has 1 aliphatic rings. The van der Waals surface area contributed by atoms with Crippen molar-refractivity contribution in [2.75, 3.05) is 31.2 Å². The minimum atomic E-state index is 0.0119. The van der Waals surface area contributed by atoms with Gasteiger partial charge in [0.15, 0.2) is 0 Å². The molecular formula is C20H24N2O2S. The van der Waals surface area contributed by atoms with Gasteiger partial charge in [-0.1, -0.05) is 30.3 Å². The Kier molecular flexibility index (Phi) is 6.13. The molecule has 0 radical (unpaired) electrons. The van der Waals surface area contributed by atoms with Crippen molar-refractivity contribution in [1.82, 2.24) is 4.90 Å². The van der Waals surface area contributed by atoms with Crippen LogP contribution in [-0.4, -0.2) is 42.8 Å². The number of hydrogen-bond acceptors (Lipinski definition) is 4. The molecule has 2 aromatic rings. The number of nitrogens with zero attached hydrogens (tertiary/aromatic N) is 1. The Balaban J connectivity index is 1.58. The van der Waals surface area contributed by atoms with Crippen molar-refractivity contribution < 1.29 is 9.53 Å². The third-order valence-electron chi connectivity index (χ3n) is 4.25. The van der Waals surface area contributed by atoms with Gasteiger partial charge in [-0.05, 0) is 43.0 Å². The second-order valence-electron chi connectivity index (χ2n) is 6.32. The average molecular weight is 356 g/mol. The Bertz CT molecular complexity index is 691. The number of ether oxygens (including phenoxy) is 1. The van der Waals surface area contributed by atoms with E-state index in [2.05, 4.69) is 29.3 Å². The van der Waals surface area contributed by atoms with E-state index in [1.807, 2.05) is 48.7 Å². The number of morpholine rings is 1. The first-order valence-corrected chi connectivity index (χ1v) is 9.73. The van der Waals surface area contributed by atoms with Gasteiger partial charge in [-0.15, -0.1) is 11.8 Å². The fourth-order valence-electron chi connectivity index (χ4n) is 3.10. The van der Waals surface area contributed by atoms with E-state index in [1.165, 1.54) is 4.90 Å². The van der Waals surface area contributed by atoms with E-state index < -0.39 is 0 Å². The van der Waals surface area contributed by atoms with E-state index in [4.69, 9.17) is 4.74 Å². The highest BCUT2D eigenvalue weighted by Gasteiger charge is 2.27. The fraction of sp³-hybridized carbons (Fsp3) is 0.350. The first-order chi connectivity index (χ1) is 12.1. The average Bonchev–Trinajstić information content (AvgIpc) is 2.62. The number of carbonyl (C=O) groups excluding carboxylic acids is 1. The molecule has 1 N–H and O–H groups in total. The third kappa shape index (κ3) is 5.08. The van der Waals surface area contributed by atoms with Crippen molar-refractivity contribution in [3.05, 3.63) is 60.2 Å². The molecule has 2 atom stereocenters. The van der Waals surface area contributed by atoms with Crippen LogP contribution in [0.2, 0.25) is 0 Å². The number of rotatable bonds is 5. The number of benzene rings is 2. The van der Waals surface area contributed by atoms with Crippen LogP contribution in [0.1, 0.15) is 18.6 Å². The molecule has 3 rings (SSSR count). The number of carbonyl (C=O) groups is 1. The maximum Gasteiger partial charge on any atom is 0.238 e. The highest BCUT2D eigenvalue weighted by molar-refractivity contribution is 7.98. The van der Waals surface area contributed by atoms with Crippen LogP contribution < -0.4 is 5.32 Å². The van der Waals surface area contributed by atoms with Gasteiger partial charge < -0.3 is 10.1 Å². The summed E-state index contributed by atoms with van der Waals surface area (Å²) in [4.78, 5) is 15.7. The molecule has 25 heavy (non-hydrogen) atoms. The van der Waals surface area contributed by atoms with Gasteiger partial charge in [0.25, 0.3) is 0 Å². The molecule has 0 saturated carbocycles. The summed E-state index contributed by atoms with van der Waals surface area (Å²) >= 11 is 1.69. The Hall–Kier alpha value is -1.82. The lowest BCUT2D eigenvalue weighted by Gasteiger charge is -2.36. The van der Waals surface area contributed by atoms with E-state index >= 15 is 0 Å². The highest BCUT2D eigenvalue weighted by Crippen LogP contribution is 2.25. The molecule has 132 valence electrons. The van der Waals surface area contributed by atoms with Crippen LogP contribution in [0.5, 0.6) is 0 Å². The van der Waals surface area contributed by atoms with Gasteiger partial charge in [-0.25, -0.2) is 0 Å². The summed E-state index contributed by atoms with van der Waals surface area (Å²) in [7, 11) is 0. The number of amides is 1. The summed E-state index contributed by atoms with van der Waals surface area (Å²) in [6, 6.07) is 18.1. The number of anilines is 1. The summed E-state index contributed by atoms with van der Waals surface area (Å²) in [5, 5.41) is 2.98. The maximum atomic E-state index is 12.4. The maximum absolute atomic E-state index is 12.4. The molecule has 5 heteroatoms. The van der Waals surface area contributed by atoms with Crippen molar-refractivity contribution in [3.63, 3.8) is 0 Å². The second kappa shape index (κ2) is 8.52. The van der Waals surface area contributed by atoms with Crippen LogP contribution in [0.3, 0.4) is 0 Å². The largest absolute Gasteiger partial charge is 0.368 e. The molecule has 0 aliphatic carbocycles. The minimum absolute atomic E-state index is 0.0119. The lowest BCUT2D eigenvalue weighted by molar-refractivity contribution is -0.122. The first kappa shape index (κ1) is 18.0. The predicted octanol–water partition coefficient (Wildman–Crippen LogP) is 3.81. The molecule has 1 saturated heterocycles. The quantitative estimate of drug-likeness (QED) is 0.827. The minimum Gasteiger partial charge on any atom is -0.368 e. The van der Waals surface area contributed by atoms with Crippen LogP contribution in [0.15, 0.2) is 59.5 Å². The molecule has 1 heterocycles. The molecule has 0 bridgehead atoms. The molecule has 2 unspecified atom stereocenters. The zero-order valence-corrected chi connectivity index (χ0v) is 15.5. The normalized spacial score (nSPS) is 21.0. The van der Waals surface area contributed by atoms with Crippen LogP contribution in [0.4, 0.5) is 5.69 Å². The first-order valence-electron chi connectivity index (χ1n) is 8.50. The zero-order valence-electron chi connectivity index (χ0n) is 14.6. The highest BCUT2D eigenvalue weighted by atomic mass is 32.2. The van der Waals surface area contributed by atoms with Crippen molar-refractivity contribution >= 4 is 23.4 Å². The van der Waals surface area contributed by atoms with E-state index in [-0.39, 0.29) is 18.1 Å². The Morgan fingerprint density at radius 1 is 1.16 bits per heavy atom. The van der Waals surface area contributed by atoms with Gasteiger partial charge >= 0.3 is 0 Å². The van der Waals surface area contributed by atoms with E-state index in [0.717, 1.165) is 24.3 Å². The van der Waals surface area contributed by atoms with Gasteiger partial charge in [-0.3, -0.25) is 9.69 Å². The van der Waals surface area contributed by atoms with E-state index in [0.29, 0.717) is 6.54 Å². The molecule has 0 spiro atoms. The molecule has 0 aromatic heterocycles. The molecule has 1 amide bonds. The molecule has 1 fully saturated rings. The molecule has 2 aromatic carbocycles. The summed E-state index contributed by atoms with van der Waals surface area (Å²) in [6.45, 7) is 3.93. The monoisotopic (exact) mass is 356 g/mol. The summed E-state index contributed by atoms with van der Waals surface area (Å²) in [6.07, 6.45) is 2.15. The van der Waals surface area contributed by atoms with Gasteiger partial charge in [-0.2, -0.15) is 0 Å². The summed E-state index contributed by atoms with van der Waals surface area (Å²) in [5.74, 6) is 0.0119. The smallest absolute Gasteiger partial charge is 0.238 e. The van der Waals surface area contributed by atoms with Crippen LogP contribution in [-0.2, 0) is 9.53 Å². The lowest BCUT2D eigenvalue weighted by atomic mass is 10.1. The Morgan fingerprint density at radius 3 is 2.56 bits per heavy atom. The summed E-state index contributed by atoms with van der Waals surface area (Å²) < 4.78 is 6.05. The molecule has 4 nitrogen and oxygen atoms in total. The fourth-order valence-corrected chi connectivity index (χ4v) is 3.51. The van der Waals surface area contributed by atoms with Gasteiger partial charge in [0, 0.05) is 23.7 Å². The Morgan fingerprint density at radius 2 is 1.88 bits per heavy atom. The van der Waals surface area contributed by atoms with Gasteiger partial charge in [0.1, 0.15) is 0 Å². The predicted molar refractivity (Wildman–Crippen MR) is 103 cm³/mol. The third-order valence-corrected chi connectivity index (χ3v) is 4.99. The van der Waals surface area contributed by atoms with Crippen molar-refractivity contribution in [1.29, 1.82) is 0 Å². The van der Waals surface area contributed by atoms with Crippen molar-refractivity contribution in [3.8, 4) is 0 Å². The second-order valence-corrected chi connectivity index (χ2v) is 7.20. The van der Waals surface area contributed by atoms with E-state index in [1.54, 1.807) is 11.8 Å². The summed E-state index contributed by atoms with van der Waals surface area (Å²) in [5.41, 5.74) is 2.00. The standard InChI is InChI=1S/C20H24N2O2S/c1-15-12-22(13-19(24-15)16-6-4-3-5-7-16)14-20(23)21-17-8-10-18(25-2)11-9-17/h3-11,15,19H,12-14H2,1-2H3,(H,21,23). The molecular weight excluding hydrogens is 332 g/mol. The zero-order chi connectivity index (χ0) is 17.6. The van der Waals surface area contributed by atoms with Crippen molar-refractivity contribution in [2.45, 2.75) is 24.0 Å². The van der Waals surface area contributed by atoms with Crippen LogP contribution in [0, 0.1) is 0 Å². The lowest BCUT2D eigenvalue weighted by Crippen LogP contribution is -2.46. The van der Waals surface area contributed by atoms with Gasteiger partial charge in [0.05, 0.1) is 18.8 Å². The SMILES string of the molecule is CSc1ccc(NC(=O)CN2CC(C)OC(c3ccccc3)C2)cc1. The van der Waals surface area contributed by atoms with Gasteiger partial charge in [0.2, 0.25) is 5.91 Å². The van der Waals surface area contributed by atoms with Crippen LogP contribution in [0.25, 0.3) is 0 Å². The van der Waals surface area contributed by atoms with Crippen molar-refractivity contribution in [2.24, 2.45) is 0 Å².